The van der Waals surface area contributed by atoms with Crippen LogP contribution in [0.2, 0.25) is 0 Å². The van der Waals surface area contributed by atoms with Crippen molar-refractivity contribution in [3.63, 3.8) is 0 Å². The van der Waals surface area contributed by atoms with E-state index in [0.29, 0.717) is 12.5 Å². The molecule has 0 bridgehead atoms. The number of aromatic nitrogens is 1. The zero-order chi connectivity index (χ0) is 11.5. The summed E-state index contributed by atoms with van der Waals surface area (Å²) in [6.07, 6.45) is 1.05. The van der Waals surface area contributed by atoms with Gasteiger partial charge in [-0.15, -0.1) is 22.7 Å². The molecule has 0 saturated heterocycles. The van der Waals surface area contributed by atoms with Crippen LogP contribution in [0.4, 0.5) is 0 Å². The Morgan fingerprint density at radius 3 is 2.81 bits per heavy atom. The number of rotatable bonds is 4. The first-order valence-electron chi connectivity index (χ1n) is 5.14. The number of halogens is 1. The number of hydrogen-bond acceptors (Lipinski definition) is 4. The SMILES string of the molecule is CCC(CN)c1csc(-c2cc(Br)cs2)n1. The van der Waals surface area contributed by atoms with Gasteiger partial charge in [-0.1, -0.05) is 6.92 Å². The molecule has 86 valence electrons. The highest BCUT2D eigenvalue weighted by atomic mass is 79.9. The molecule has 0 aliphatic carbocycles. The van der Waals surface area contributed by atoms with E-state index < -0.39 is 0 Å². The third-order valence-electron chi connectivity index (χ3n) is 2.50. The molecule has 2 aromatic heterocycles. The number of thiazole rings is 1. The van der Waals surface area contributed by atoms with Crippen LogP contribution in [0, 0.1) is 0 Å². The molecular weight excluding hydrogens is 304 g/mol. The zero-order valence-electron chi connectivity index (χ0n) is 8.94. The van der Waals surface area contributed by atoms with Crippen molar-refractivity contribution in [1.82, 2.24) is 4.98 Å². The largest absolute Gasteiger partial charge is 0.330 e. The Labute approximate surface area is 112 Å². The van der Waals surface area contributed by atoms with E-state index in [1.165, 1.54) is 4.88 Å². The molecule has 5 heteroatoms. The van der Waals surface area contributed by atoms with Crippen LogP contribution < -0.4 is 5.73 Å². The molecule has 0 saturated carbocycles. The summed E-state index contributed by atoms with van der Waals surface area (Å²) in [4.78, 5) is 5.88. The summed E-state index contributed by atoms with van der Waals surface area (Å²) in [6, 6.07) is 2.11. The van der Waals surface area contributed by atoms with Crippen molar-refractivity contribution in [3.05, 3.63) is 27.0 Å². The maximum absolute atomic E-state index is 5.73. The molecular formula is C11H13BrN2S2. The average molecular weight is 317 g/mol. The van der Waals surface area contributed by atoms with Crippen molar-refractivity contribution in [2.75, 3.05) is 6.54 Å². The molecule has 2 nitrogen and oxygen atoms in total. The maximum atomic E-state index is 5.73. The topological polar surface area (TPSA) is 38.9 Å². The van der Waals surface area contributed by atoms with Crippen molar-refractivity contribution in [2.45, 2.75) is 19.3 Å². The van der Waals surface area contributed by atoms with Gasteiger partial charge in [-0.05, 0) is 28.4 Å². The standard InChI is InChI=1S/C11H13BrN2S2/c1-2-7(4-13)9-6-16-11(14-9)10-3-8(12)5-15-10/h3,5-7H,2,4,13H2,1H3. The quantitative estimate of drug-likeness (QED) is 0.922. The van der Waals surface area contributed by atoms with Gasteiger partial charge < -0.3 is 5.73 Å². The predicted octanol–water partition coefficient (Wildman–Crippen LogP) is 4.09. The first-order chi connectivity index (χ1) is 7.74. The molecule has 16 heavy (non-hydrogen) atoms. The monoisotopic (exact) mass is 316 g/mol. The highest BCUT2D eigenvalue weighted by molar-refractivity contribution is 9.10. The van der Waals surface area contributed by atoms with Crippen molar-refractivity contribution in [3.8, 4) is 9.88 Å². The molecule has 0 fully saturated rings. The predicted molar refractivity (Wildman–Crippen MR) is 75.2 cm³/mol. The summed E-state index contributed by atoms with van der Waals surface area (Å²) >= 11 is 6.87. The van der Waals surface area contributed by atoms with Crippen molar-refractivity contribution in [1.29, 1.82) is 0 Å². The molecule has 2 N–H and O–H groups in total. The summed E-state index contributed by atoms with van der Waals surface area (Å²) in [7, 11) is 0. The maximum Gasteiger partial charge on any atom is 0.133 e. The van der Waals surface area contributed by atoms with Gasteiger partial charge in [0.1, 0.15) is 5.01 Å². The molecule has 0 radical (unpaired) electrons. The third-order valence-corrected chi connectivity index (χ3v) is 5.22. The summed E-state index contributed by atoms with van der Waals surface area (Å²) < 4.78 is 1.12. The number of hydrogen-bond donors (Lipinski definition) is 1. The molecule has 2 heterocycles. The van der Waals surface area contributed by atoms with E-state index >= 15 is 0 Å². The Bertz CT molecular complexity index is 460. The van der Waals surface area contributed by atoms with E-state index in [4.69, 9.17) is 5.73 Å². The van der Waals surface area contributed by atoms with Gasteiger partial charge in [0.2, 0.25) is 0 Å². The van der Waals surface area contributed by atoms with E-state index in [1.54, 1.807) is 22.7 Å². The fourth-order valence-corrected chi connectivity index (χ4v) is 3.92. The van der Waals surface area contributed by atoms with Crippen LogP contribution in [0.1, 0.15) is 25.0 Å². The Morgan fingerprint density at radius 1 is 1.44 bits per heavy atom. The summed E-state index contributed by atoms with van der Waals surface area (Å²) in [6.45, 7) is 2.83. The molecule has 0 aliphatic rings. The highest BCUT2D eigenvalue weighted by Crippen LogP contribution is 2.33. The molecule has 2 rings (SSSR count). The summed E-state index contributed by atoms with van der Waals surface area (Å²) in [5.74, 6) is 0.397. The average Bonchev–Trinajstić information content (AvgIpc) is 2.89. The van der Waals surface area contributed by atoms with Crippen LogP contribution in [0.5, 0.6) is 0 Å². The second-order valence-electron chi connectivity index (χ2n) is 3.55. The molecule has 0 amide bonds. The van der Waals surface area contributed by atoms with Crippen LogP contribution in [-0.2, 0) is 0 Å². The molecule has 1 unspecified atom stereocenters. The van der Waals surface area contributed by atoms with Crippen molar-refractivity contribution in [2.24, 2.45) is 5.73 Å². The summed E-state index contributed by atoms with van der Waals surface area (Å²) in [5.41, 5.74) is 6.86. The van der Waals surface area contributed by atoms with E-state index in [-0.39, 0.29) is 0 Å². The normalized spacial score (nSPS) is 12.9. The van der Waals surface area contributed by atoms with Gasteiger partial charge in [0.25, 0.3) is 0 Å². The van der Waals surface area contributed by atoms with Crippen LogP contribution >= 0.6 is 38.6 Å². The molecule has 0 spiro atoms. The lowest BCUT2D eigenvalue weighted by atomic mass is 10.0. The van der Waals surface area contributed by atoms with Crippen LogP contribution in [-0.4, -0.2) is 11.5 Å². The van der Waals surface area contributed by atoms with E-state index in [2.05, 4.69) is 44.7 Å². The molecule has 0 aromatic carbocycles. The summed E-state index contributed by atoms with van der Waals surface area (Å²) in [5, 5.41) is 5.30. The first-order valence-corrected chi connectivity index (χ1v) is 7.69. The smallest absolute Gasteiger partial charge is 0.133 e. The Morgan fingerprint density at radius 2 is 2.25 bits per heavy atom. The molecule has 1 atom stereocenters. The third kappa shape index (κ3) is 2.53. The second kappa shape index (κ2) is 5.40. The number of nitrogens with two attached hydrogens (primary N) is 1. The first kappa shape index (κ1) is 12.2. The molecule has 0 aliphatic heterocycles. The van der Waals surface area contributed by atoms with Gasteiger partial charge in [0.05, 0.1) is 10.6 Å². The number of thiophene rings is 1. The van der Waals surface area contributed by atoms with Crippen molar-refractivity contribution < 1.29 is 0 Å². The van der Waals surface area contributed by atoms with Gasteiger partial charge in [0, 0.05) is 27.7 Å². The van der Waals surface area contributed by atoms with Crippen LogP contribution in [0.3, 0.4) is 0 Å². The number of nitrogens with zero attached hydrogens (tertiary/aromatic N) is 1. The lowest BCUT2D eigenvalue weighted by Gasteiger charge is -2.07. The van der Waals surface area contributed by atoms with Gasteiger partial charge in [-0.3, -0.25) is 0 Å². The zero-order valence-corrected chi connectivity index (χ0v) is 12.2. The molecule has 2 aromatic rings. The minimum Gasteiger partial charge on any atom is -0.330 e. The Balaban J connectivity index is 2.25. The van der Waals surface area contributed by atoms with Crippen LogP contribution in [0.25, 0.3) is 9.88 Å². The fourth-order valence-electron chi connectivity index (χ4n) is 1.51. The van der Waals surface area contributed by atoms with Gasteiger partial charge in [-0.2, -0.15) is 0 Å². The van der Waals surface area contributed by atoms with Gasteiger partial charge in [0.15, 0.2) is 0 Å². The van der Waals surface area contributed by atoms with Crippen LogP contribution in [0.15, 0.2) is 21.3 Å². The highest BCUT2D eigenvalue weighted by Gasteiger charge is 2.13. The second-order valence-corrected chi connectivity index (χ2v) is 6.23. The van der Waals surface area contributed by atoms with Crippen molar-refractivity contribution >= 4 is 38.6 Å². The minimum atomic E-state index is 0.397. The lowest BCUT2D eigenvalue weighted by Crippen LogP contribution is -2.11. The minimum absolute atomic E-state index is 0.397. The van der Waals surface area contributed by atoms with E-state index in [1.807, 2.05) is 0 Å². The van der Waals surface area contributed by atoms with E-state index in [9.17, 15) is 0 Å². The Hall–Kier alpha value is -0.230. The fraction of sp³-hybridized carbons (Fsp3) is 0.364. The van der Waals surface area contributed by atoms with Gasteiger partial charge >= 0.3 is 0 Å². The Kier molecular flexibility index (Phi) is 4.13. The van der Waals surface area contributed by atoms with Gasteiger partial charge in [-0.25, -0.2) is 4.98 Å². The lowest BCUT2D eigenvalue weighted by molar-refractivity contribution is 0.659. The van der Waals surface area contributed by atoms with E-state index in [0.717, 1.165) is 21.6 Å².